The largest absolute Gasteiger partial charge is 0.494 e. The van der Waals surface area contributed by atoms with Crippen LogP contribution in [0.15, 0.2) is 47.3 Å². The third kappa shape index (κ3) is 3.31. The smallest absolute Gasteiger partial charge is 0.280 e. The van der Waals surface area contributed by atoms with E-state index in [1.807, 2.05) is 0 Å². The van der Waals surface area contributed by atoms with Gasteiger partial charge in [-0.1, -0.05) is 18.2 Å². The number of ketones is 1. The molecule has 0 fully saturated rings. The Kier molecular flexibility index (Phi) is 5.08. The van der Waals surface area contributed by atoms with E-state index in [0.717, 1.165) is 10.6 Å². The number of carbonyl (C=O) groups is 1. The van der Waals surface area contributed by atoms with Crippen molar-refractivity contribution in [3.8, 4) is 23.4 Å². The number of pyridine rings is 1. The summed E-state index contributed by atoms with van der Waals surface area (Å²) in [6, 6.07) is 11.9. The summed E-state index contributed by atoms with van der Waals surface area (Å²) in [4.78, 5) is 36.7. The Hall–Kier alpha value is -4.65. The fraction of sp³-hybridized carbons (Fsp3) is 0.136. The predicted molar refractivity (Wildman–Crippen MR) is 110 cm³/mol. The lowest BCUT2D eigenvalue weighted by molar-refractivity contribution is -0.385. The predicted octanol–water partition coefficient (Wildman–Crippen LogP) is 2.65. The van der Waals surface area contributed by atoms with Gasteiger partial charge in [0.2, 0.25) is 18.5 Å². The summed E-state index contributed by atoms with van der Waals surface area (Å²) in [5, 5.41) is 31.8. The standard InChI is InChI=1S/C22H15N3O7/c1-12-15(9-23)21(27)24(10-13-6-7-17-18(8-13)32-11-31-17)22(28)19(12)20(26)14-4-2-3-5-16(14)25(29)30/h2-8,28H,10-11H2,1H3. The van der Waals surface area contributed by atoms with Gasteiger partial charge in [0.15, 0.2) is 11.5 Å². The van der Waals surface area contributed by atoms with Crippen LogP contribution in [-0.2, 0) is 6.54 Å². The highest BCUT2D eigenvalue weighted by Crippen LogP contribution is 2.33. The maximum Gasteiger partial charge on any atom is 0.280 e. The number of nitriles is 1. The number of nitro groups is 1. The van der Waals surface area contributed by atoms with Crippen molar-refractivity contribution >= 4 is 11.5 Å². The number of ether oxygens (including phenoxy) is 2. The van der Waals surface area contributed by atoms with E-state index in [1.165, 1.54) is 25.1 Å². The van der Waals surface area contributed by atoms with Crippen LogP contribution in [0.1, 0.15) is 32.6 Å². The number of fused-ring (bicyclic) bond motifs is 1. The lowest BCUT2D eigenvalue weighted by atomic mass is 9.96. The topological polar surface area (TPSA) is 145 Å². The lowest BCUT2D eigenvalue weighted by Gasteiger charge is -2.16. The number of nitro benzene ring substituents is 1. The van der Waals surface area contributed by atoms with Crippen LogP contribution < -0.4 is 15.0 Å². The van der Waals surface area contributed by atoms with Gasteiger partial charge in [-0.15, -0.1) is 0 Å². The van der Waals surface area contributed by atoms with Crippen LogP contribution in [0.25, 0.3) is 0 Å². The minimum atomic E-state index is -0.872. The first kappa shape index (κ1) is 20.6. The van der Waals surface area contributed by atoms with Gasteiger partial charge in [-0.2, -0.15) is 5.26 Å². The first-order valence-corrected chi connectivity index (χ1v) is 9.36. The highest BCUT2D eigenvalue weighted by molar-refractivity contribution is 6.13. The minimum absolute atomic E-state index is 0.0555. The quantitative estimate of drug-likeness (QED) is 0.367. The molecule has 1 aromatic heterocycles. The van der Waals surface area contributed by atoms with Gasteiger partial charge in [0, 0.05) is 6.07 Å². The number of carbonyl (C=O) groups excluding carboxylic acids is 1. The Bertz CT molecular complexity index is 1390. The number of hydrogen-bond donors (Lipinski definition) is 1. The number of aromatic nitrogens is 1. The minimum Gasteiger partial charge on any atom is -0.494 e. The second-order valence-corrected chi connectivity index (χ2v) is 6.99. The fourth-order valence-electron chi connectivity index (χ4n) is 3.55. The van der Waals surface area contributed by atoms with Gasteiger partial charge in [0.05, 0.1) is 17.0 Å². The van der Waals surface area contributed by atoms with E-state index in [4.69, 9.17) is 9.47 Å². The number of para-hydroxylation sites is 1. The van der Waals surface area contributed by atoms with Gasteiger partial charge in [-0.25, -0.2) is 0 Å². The first-order chi connectivity index (χ1) is 15.3. The second-order valence-electron chi connectivity index (χ2n) is 6.99. The molecule has 0 unspecified atom stereocenters. The molecule has 0 radical (unpaired) electrons. The molecule has 0 atom stereocenters. The van der Waals surface area contributed by atoms with E-state index in [9.17, 15) is 30.1 Å². The number of hydrogen-bond acceptors (Lipinski definition) is 8. The molecule has 0 saturated carbocycles. The summed E-state index contributed by atoms with van der Waals surface area (Å²) >= 11 is 0. The molecule has 0 saturated heterocycles. The Morgan fingerprint density at radius 2 is 1.97 bits per heavy atom. The zero-order valence-electron chi connectivity index (χ0n) is 16.7. The van der Waals surface area contributed by atoms with Crippen LogP contribution in [0.4, 0.5) is 5.69 Å². The van der Waals surface area contributed by atoms with Crippen molar-refractivity contribution in [2.45, 2.75) is 13.5 Å². The molecule has 10 nitrogen and oxygen atoms in total. The van der Waals surface area contributed by atoms with Crippen LogP contribution in [0, 0.1) is 28.4 Å². The summed E-state index contributed by atoms with van der Waals surface area (Å²) in [6.07, 6.45) is 0. The molecular weight excluding hydrogens is 418 g/mol. The number of nitrogens with zero attached hydrogens (tertiary/aromatic N) is 3. The second kappa shape index (κ2) is 7.88. The van der Waals surface area contributed by atoms with Crippen LogP contribution >= 0.6 is 0 Å². The summed E-state index contributed by atoms with van der Waals surface area (Å²) in [7, 11) is 0. The fourth-order valence-corrected chi connectivity index (χ4v) is 3.55. The van der Waals surface area contributed by atoms with Crippen LogP contribution in [0.3, 0.4) is 0 Å². The van der Waals surface area contributed by atoms with E-state index in [0.29, 0.717) is 17.1 Å². The van der Waals surface area contributed by atoms with Gasteiger partial charge < -0.3 is 14.6 Å². The number of benzene rings is 2. The van der Waals surface area contributed by atoms with E-state index < -0.39 is 27.8 Å². The molecule has 2 aromatic carbocycles. The molecule has 160 valence electrons. The van der Waals surface area contributed by atoms with Gasteiger partial charge in [0.25, 0.3) is 11.2 Å². The molecule has 32 heavy (non-hydrogen) atoms. The van der Waals surface area contributed by atoms with Crippen molar-refractivity contribution in [1.29, 1.82) is 5.26 Å². The maximum absolute atomic E-state index is 13.2. The molecule has 1 N–H and O–H groups in total. The SMILES string of the molecule is Cc1c(C(=O)c2ccccc2[N+](=O)[O-])c(O)n(Cc2ccc3c(c2)OCO3)c(=O)c1C#N. The highest BCUT2D eigenvalue weighted by atomic mass is 16.7. The Morgan fingerprint density at radius 3 is 2.69 bits per heavy atom. The normalized spacial score (nSPS) is 11.8. The summed E-state index contributed by atoms with van der Waals surface area (Å²) in [5.74, 6) is -0.575. The van der Waals surface area contributed by atoms with Gasteiger partial charge in [0.1, 0.15) is 17.2 Å². The van der Waals surface area contributed by atoms with Gasteiger partial charge in [-0.3, -0.25) is 24.3 Å². The Balaban J connectivity index is 1.88. The third-order valence-electron chi connectivity index (χ3n) is 5.15. The van der Waals surface area contributed by atoms with Crippen molar-refractivity contribution in [3.63, 3.8) is 0 Å². The Labute approximate surface area is 180 Å². The number of rotatable bonds is 5. The van der Waals surface area contributed by atoms with E-state index in [2.05, 4.69) is 0 Å². The number of aromatic hydroxyl groups is 1. The molecule has 0 spiro atoms. The molecule has 0 aliphatic carbocycles. The summed E-state index contributed by atoms with van der Waals surface area (Å²) < 4.78 is 11.4. The molecule has 0 bridgehead atoms. The summed E-state index contributed by atoms with van der Waals surface area (Å²) in [6.45, 7) is 1.22. The van der Waals surface area contributed by atoms with Crippen LogP contribution in [0.2, 0.25) is 0 Å². The van der Waals surface area contributed by atoms with Gasteiger partial charge >= 0.3 is 0 Å². The lowest BCUT2D eigenvalue weighted by Crippen LogP contribution is -2.27. The zero-order valence-corrected chi connectivity index (χ0v) is 16.7. The van der Waals surface area contributed by atoms with Gasteiger partial charge in [-0.05, 0) is 36.2 Å². The van der Waals surface area contributed by atoms with Crippen molar-refractivity contribution in [2.24, 2.45) is 0 Å². The van der Waals surface area contributed by atoms with Crippen LogP contribution in [0.5, 0.6) is 17.4 Å². The molecule has 4 rings (SSSR count). The molecule has 3 aromatic rings. The molecule has 10 heteroatoms. The van der Waals surface area contributed by atoms with Crippen molar-refractivity contribution < 1.29 is 24.3 Å². The zero-order chi connectivity index (χ0) is 23.0. The van der Waals surface area contributed by atoms with E-state index >= 15 is 0 Å². The van der Waals surface area contributed by atoms with E-state index in [1.54, 1.807) is 24.3 Å². The average molecular weight is 433 g/mol. The maximum atomic E-state index is 13.2. The van der Waals surface area contributed by atoms with Crippen molar-refractivity contribution in [3.05, 3.63) is 90.7 Å². The van der Waals surface area contributed by atoms with E-state index in [-0.39, 0.29) is 35.6 Å². The molecule has 1 aliphatic rings. The molecule has 1 aliphatic heterocycles. The molecule has 0 amide bonds. The average Bonchev–Trinajstić information content (AvgIpc) is 3.25. The van der Waals surface area contributed by atoms with Crippen LogP contribution in [-0.4, -0.2) is 27.2 Å². The molecule has 2 heterocycles. The van der Waals surface area contributed by atoms with Crippen molar-refractivity contribution in [1.82, 2.24) is 4.57 Å². The monoisotopic (exact) mass is 433 g/mol. The third-order valence-corrected chi connectivity index (χ3v) is 5.15. The van der Waals surface area contributed by atoms with Crippen molar-refractivity contribution in [2.75, 3.05) is 6.79 Å². The Morgan fingerprint density at radius 1 is 1.25 bits per heavy atom. The molecular formula is C22H15N3O7. The first-order valence-electron chi connectivity index (χ1n) is 9.36. The highest BCUT2D eigenvalue weighted by Gasteiger charge is 2.29. The summed E-state index contributed by atoms with van der Waals surface area (Å²) in [5.41, 5.74) is -1.72.